The molecule has 1 aromatic carbocycles. The summed E-state index contributed by atoms with van der Waals surface area (Å²) in [4.78, 5) is 14.9. The Hall–Kier alpha value is -1.68. The van der Waals surface area contributed by atoms with Crippen LogP contribution >= 0.6 is 11.6 Å². The molecule has 5 heteroatoms. The average molecular weight is 239 g/mol. The quantitative estimate of drug-likeness (QED) is 0.803. The lowest BCUT2D eigenvalue weighted by Gasteiger charge is -2.05. The van der Waals surface area contributed by atoms with Crippen LogP contribution < -0.4 is 5.69 Å². The van der Waals surface area contributed by atoms with E-state index in [4.69, 9.17) is 11.6 Å². The zero-order valence-electron chi connectivity index (χ0n) is 8.23. The van der Waals surface area contributed by atoms with E-state index in [2.05, 4.69) is 4.98 Å². The van der Waals surface area contributed by atoms with Crippen molar-refractivity contribution in [2.24, 2.45) is 0 Å². The van der Waals surface area contributed by atoms with Crippen molar-refractivity contribution in [1.29, 1.82) is 0 Å². The molecule has 16 heavy (non-hydrogen) atoms. The minimum atomic E-state index is -0.415. The van der Waals surface area contributed by atoms with Gasteiger partial charge in [0.2, 0.25) is 0 Å². The van der Waals surface area contributed by atoms with E-state index in [1.807, 2.05) is 0 Å². The Kier molecular flexibility index (Phi) is 3.01. The fourth-order valence-corrected chi connectivity index (χ4v) is 1.55. The molecule has 0 saturated heterocycles. The van der Waals surface area contributed by atoms with Gasteiger partial charge in [-0.1, -0.05) is 11.6 Å². The molecule has 0 saturated carbocycles. The van der Waals surface area contributed by atoms with E-state index >= 15 is 0 Å². The molecule has 3 nitrogen and oxygen atoms in total. The Bertz CT molecular complexity index is 568. The minimum absolute atomic E-state index is 0.124. The maximum atomic E-state index is 13.4. The van der Waals surface area contributed by atoms with Gasteiger partial charge in [0.05, 0.1) is 6.54 Å². The summed E-state index contributed by atoms with van der Waals surface area (Å²) in [5.74, 6) is -0.389. The van der Waals surface area contributed by atoms with Gasteiger partial charge in [0.15, 0.2) is 0 Å². The number of hydrogen-bond acceptors (Lipinski definition) is 2. The number of halogens is 2. The Balaban J connectivity index is 2.38. The van der Waals surface area contributed by atoms with Crippen LogP contribution in [0, 0.1) is 5.82 Å². The van der Waals surface area contributed by atoms with Gasteiger partial charge in [-0.3, -0.25) is 4.57 Å². The number of hydrogen-bond donors (Lipinski definition) is 0. The second kappa shape index (κ2) is 4.45. The van der Waals surface area contributed by atoms with Crippen LogP contribution in [0.4, 0.5) is 4.39 Å². The van der Waals surface area contributed by atoms with Crippen molar-refractivity contribution in [3.05, 3.63) is 63.5 Å². The molecular weight excluding hydrogens is 231 g/mol. The Morgan fingerprint density at radius 2 is 2.25 bits per heavy atom. The molecule has 1 aromatic heterocycles. The first-order chi connectivity index (χ1) is 7.66. The Morgan fingerprint density at radius 3 is 3.00 bits per heavy atom. The van der Waals surface area contributed by atoms with E-state index in [-0.39, 0.29) is 12.4 Å². The fourth-order valence-electron chi connectivity index (χ4n) is 1.36. The molecule has 82 valence electrons. The van der Waals surface area contributed by atoms with Crippen LogP contribution in [0.5, 0.6) is 0 Å². The molecule has 0 bridgehead atoms. The molecule has 0 fully saturated rings. The molecular formula is C11H8ClFN2O. The third kappa shape index (κ3) is 2.28. The van der Waals surface area contributed by atoms with Crippen LogP contribution in [0.25, 0.3) is 0 Å². The van der Waals surface area contributed by atoms with Gasteiger partial charge in [-0.15, -0.1) is 0 Å². The monoisotopic (exact) mass is 238 g/mol. The lowest BCUT2D eigenvalue weighted by atomic mass is 10.2. The zero-order valence-corrected chi connectivity index (χ0v) is 8.99. The highest BCUT2D eigenvalue weighted by Gasteiger charge is 2.04. The summed E-state index contributed by atoms with van der Waals surface area (Å²) in [6.45, 7) is 0.124. The zero-order chi connectivity index (χ0) is 11.5. The van der Waals surface area contributed by atoms with Crippen LogP contribution in [0.3, 0.4) is 0 Å². The van der Waals surface area contributed by atoms with Crippen LogP contribution in [0.15, 0.2) is 41.5 Å². The van der Waals surface area contributed by atoms with Crippen molar-refractivity contribution in [3.8, 4) is 0 Å². The van der Waals surface area contributed by atoms with Crippen LogP contribution in [-0.4, -0.2) is 9.55 Å². The predicted molar refractivity (Wildman–Crippen MR) is 59.0 cm³/mol. The minimum Gasteiger partial charge on any atom is -0.295 e. The van der Waals surface area contributed by atoms with Crippen LogP contribution in [0.2, 0.25) is 5.02 Å². The second-order valence-electron chi connectivity index (χ2n) is 3.27. The van der Waals surface area contributed by atoms with E-state index < -0.39 is 5.69 Å². The normalized spacial score (nSPS) is 10.4. The van der Waals surface area contributed by atoms with Gasteiger partial charge in [-0.2, -0.15) is 0 Å². The molecule has 0 aliphatic heterocycles. The molecule has 0 aliphatic rings. The van der Waals surface area contributed by atoms with Gasteiger partial charge in [0.1, 0.15) is 5.82 Å². The van der Waals surface area contributed by atoms with Gasteiger partial charge in [-0.25, -0.2) is 14.2 Å². The summed E-state index contributed by atoms with van der Waals surface area (Å²) in [6, 6.07) is 5.85. The molecule has 0 spiro atoms. The number of nitrogens with zero attached hydrogens (tertiary/aromatic N) is 2. The first kappa shape index (κ1) is 10.8. The first-order valence-corrected chi connectivity index (χ1v) is 5.00. The van der Waals surface area contributed by atoms with Crippen LogP contribution in [0.1, 0.15) is 5.56 Å². The number of rotatable bonds is 2. The smallest absolute Gasteiger partial charge is 0.295 e. The Morgan fingerprint density at radius 1 is 1.44 bits per heavy atom. The molecule has 0 aliphatic carbocycles. The lowest BCUT2D eigenvalue weighted by molar-refractivity contribution is 0.593. The summed E-state index contributed by atoms with van der Waals surface area (Å²) < 4.78 is 14.7. The maximum Gasteiger partial charge on any atom is 0.347 e. The van der Waals surface area contributed by atoms with Crippen molar-refractivity contribution < 1.29 is 4.39 Å². The number of aromatic nitrogens is 2. The topological polar surface area (TPSA) is 34.9 Å². The molecule has 0 amide bonds. The Labute approximate surface area is 96.1 Å². The van der Waals surface area contributed by atoms with E-state index in [0.717, 1.165) is 0 Å². The fraction of sp³-hybridized carbons (Fsp3) is 0.0909. The van der Waals surface area contributed by atoms with Crippen molar-refractivity contribution >= 4 is 11.6 Å². The molecule has 0 radical (unpaired) electrons. The molecule has 2 rings (SSSR count). The summed E-state index contributed by atoms with van der Waals surface area (Å²) in [6.07, 6.45) is 2.95. The summed E-state index contributed by atoms with van der Waals surface area (Å²) >= 11 is 5.75. The molecule has 0 unspecified atom stereocenters. The molecule has 2 aromatic rings. The van der Waals surface area contributed by atoms with Gasteiger partial charge in [0.25, 0.3) is 0 Å². The third-order valence-corrected chi connectivity index (χ3v) is 2.37. The van der Waals surface area contributed by atoms with Crippen molar-refractivity contribution in [1.82, 2.24) is 9.55 Å². The van der Waals surface area contributed by atoms with Crippen molar-refractivity contribution in [3.63, 3.8) is 0 Å². The lowest BCUT2D eigenvalue weighted by Crippen LogP contribution is -2.22. The summed E-state index contributed by atoms with van der Waals surface area (Å²) in [5.41, 5.74) is -0.0514. The summed E-state index contributed by atoms with van der Waals surface area (Å²) in [5, 5.41) is 0.438. The molecule has 0 atom stereocenters. The largest absolute Gasteiger partial charge is 0.347 e. The van der Waals surface area contributed by atoms with Gasteiger partial charge >= 0.3 is 5.69 Å². The highest BCUT2D eigenvalue weighted by atomic mass is 35.5. The van der Waals surface area contributed by atoms with E-state index in [0.29, 0.717) is 10.6 Å². The number of benzene rings is 1. The maximum absolute atomic E-state index is 13.4. The van der Waals surface area contributed by atoms with Gasteiger partial charge < -0.3 is 0 Å². The molecule has 1 heterocycles. The highest BCUT2D eigenvalue weighted by Crippen LogP contribution is 2.15. The second-order valence-corrected chi connectivity index (χ2v) is 3.70. The van der Waals surface area contributed by atoms with E-state index in [1.54, 1.807) is 12.3 Å². The average Bonchev–Trinajstić information content (AvgIpc) is 2.27. The van der Waals surface area contributed by atoms with Gasteiger partial charge in [-0.05, 0) is 24.3 Å². The standard InChI is InChI=1S/C11H8ClFN2O/c12-9-2-3-10(13)8(6-9)7-15-5-1-4-14-11(15)16/h1-6H,7H2. The SMILES string of the molecule is O=c1ncccn1Cc1cc(Cl)ccc1F. The van der Waals surface area contributed by atoms with Crippen LogP contribution in [-0.2, 0) is 6.54 Å². The van der Waals surface area contributed by atoms with Crippen molar-refractivity contribution in [2.75, 3.05) is 0 Å². The first-order valence-electron chi connectivity index (χ1n) is 4.62. The van der Waals surface area contributed by atoms with Gasteiger partial charge in [0, 0.05) is 23.0 Å². The van der Waals surface area contributed by atoms with E-state index in [9.17, 15) is 9.18 Å². The third-order valence-electron chi connectivity index (χ3n) is 2.13. The summed E-state index contributed by atoms with van der Waals surface area (Å²) in [7, 11) is 0. The predicted octanol–water partition coefficient (Wildman–Crippen LogP) is 2.08. The highest BCUT2D eigenvalue weighted by molar-refractivity contribution is 6.30. The van der Waals surface area contributed by atoms with Crippen molar-refractivity contribution in [2.45, 2.75) is 6.54 Å². The van der Waals surface area contributed by atoms with E-state index in [1.165, 1.54) is 29.0 Å². The molecule has 0 N–H and O–H groups in total.